The van der Waals surface area contributed by atoms with Gasteiger partial charge in [0.15, 0.2) is 0 Å². The van der Waals surface area contributed by atoms with Gasteiger partial charge < -0.3 is 0 Å². The minimum atomic E-state index is -3.62. The Kier molecular flexibility index (Phi) is 8.72. The second-order valence-electron chi connectivity index (χ2n) is 6.13. The molecule has 1 aromatic heterocycles. The zero-order valence-electron chi connectivity index (χ0n) is 15.6. The number of halogens is 2. The van der Waals surface area contributed by atoms with Crippen LogP contribution in [-0.2, 0) is 16.6 Å². The van der Waals surface area contributed by atoms with Gasteiger partial charge in [0.25, 0.3) is 0 Å². The third kappa shape index (κ3) is 6.01. The van der Waals surface area contributed by atoms with Crippen molar-refractivity contribution in [1.82, 2.24) is 9.29 Å². The summed E-state index contributed by atoms with van der Waals surface area (Å²) in [4.78, 5) is 4.13. The number of hydrogen-bond donors (Lipinski definition) is 0. The van der Waals surface area contributed by atoms with Crippen LogP contribution in [0.2, 0.25) is 0 Å². The number of anilines is 1. The highest BCUT2D eigenvalue weighted by Gasteiger charge is 2.29. The first-order valence-electron chi connectivity index (χ1n) is 9.01. The van der Waals surface area contributed by atoms with Gasteiger partial charge in [-0.05, 0) is 65.0 Å². The van der Waals surface area contributed by atoms with E-state index in [9.17, 15) is 8.42 Å². The predicted molar refractivity (Wildman–Crippen MR) is 118 cm³/mol. The lowest BCUT2D eigenvalue weighted by atomic mass is 10.1. The van der Waals surface area contributed by atoms with Crippen LogP contribution in [0.5, 0.6) is 0 Å². The first-order chi connectivity index (χ1) is 12.9. The van der Waals surface area contributed by atoms with E-state index in [0.717, 1.165) is 27.4 Å². The number of hydrogen-bond acceptors (Lipinski definition) is 3. The van der Waals surface area contributed by atoms with Gasteiger partial charge >= 0.3 is 10.2 Å². The Morgan fingerprint density at radius 3 is 2.52 bits per heavy atom. The molecule has 0 unspecified atom stereocenters. The molecule has 148 valence electrons. The fourth-order valence-corrected chi connectivity index (χ4v) is 5.54. The minimum absolute atomic E-state index is 0.395. The van der Waals surface area contributed by atoms with Gasteiger partial charge in [0.05, 0.1) is 5.69 Å². The maximum atomic E-state index is 13.4. The number of aryl methyl sites for hydroxylation is 1. The molecule has 0 amide bonds. The standard InChI is InChI=1S/C19H25Br2N3O2S/c1-3-12-23(4-2)27(25,26)24(19-14-17(20)9-10-18(19)21)13-6-8-16-7-5-11-22-15-16/h5,7,9-11,14-15H,3-4,6,8,12-13H2,1-2H3. The van der Waals surface area contributed by atoms with Gasteiger partial charge in [-0.2, -0.15) is 12.7 Å². The van der Waals surface area contributed by atoms with Gasteiger partial charge in [-0.3, -0.25) is 9.29 Å². The second kappa shape index (κ2) is 10.5. The van der Waals surface area contributed by atoms with Crippen molar-refractivity contribution >= 4 is 47.8 Å². The van der Waals surface area contributed by atoms with E-state index in [4.69, 9.17) is 0 Å². The van der Waals surface area contributed by atoms with Crippen molar-refractivity contribution in [2.45, 2.75) is 33.1 Å². The number of nitrogens with zero attached hydrogens (tertiary/aromatic N) is 3. The summed E-state index contributed by atoms with van der Waals surface area (Å²) in [6, 6.07) is 9.49. The third-order valence-electron chi connectivity index (χ3n) is 4.16. The molecule has 0 aliphatic rings. The molecular formula is C19H25Br2N3O2S. The molecule has 5 nitrogen and oxygen atoms in total. The summed E-state index contributed by atoms with van der Waals surface area (Å²) in [5, 5.41) is 0. The molecular weight excluding hydrogens is 494 g/mol. The summed E-state index contributed by atoms with van der Waals surface area (Å²) < 4.78 is 31.4. The molecule has 0 saturated carbocycles. The van der Waals surface area contributed by atoms with Crippen LogP contribution in [0.3, 0.4) is 0 Å². The molecule has 0 spiro atoms. The lowest BCUT2D eigenvalue weighted by Gasteiger charge is -2.31. The molecule has 0 radical (unpaired) electrons. The number of benzene rings is 1. The zero-order valence-corrected chi connectivity index (χ0v) is 19.6. The molecule has 1 aromatic carbocycles. The Balaban J connectivity index is 2.31. The van der Waals surface area contributed by atoms with E-state index in [-0.39, 0.29) is 0 Å². The second-order valence-corrected chi connectivity index (χ2v) is 9.75. The molecule has 1 heterocycles. The van der Waals surface area contributed by atoms with E-state index in [1.807, 2.05) is 50.4 Å². The summed E-state index contributed by atoms with van der Waals surface area (Å²) in [7, 11) is -3.62. The Morgan fingerprint density at radius 2 is 1.89 bits per heavy atom. The zero-order chi connectivity index (χ0) is 19.9. The van der Waals surface area contributed by atoms with Crippen molar-refractivity contribution in [1.29, 1.82) is 0 Å². The van der Waals surface area contributed by atoms with E-state index < -0.39 is 10.2 Å². The maximum absolute atomic E-state index is 13.4. The van der Waals surface area contributed by atoms with Gasteiger partial charge in [0.2, 0.25) is 0 Å². The Bertz CT molecular complexity index is 832. The predicted octanol–water partition coefficient (Wildman–Crippen LogP) is 5.02. The van der Waals surface area contributed by atoms with Crippen molar-refractivity contribution in [3.63, 3.8) is 0 Å². The molecule has 8 heteroatoms. The van der Waals surface area contributed by atoms with Crippen LogP contribution in [0.25, 0.3) is 0 Å². The van der Waals surface area contributed by atoms with Crippen LogP contribution in [0.1, 0.15) is 32.3 Å². The first-order valence-corrected chi connectivity index (χ1v) is 12.0. The summed E-state index contributed by atoms with van der Waals surface area (Å²) in [6.45, 7) is 5.20. The van der Waals surface area contributed by atoms with Gasteiger partial charge in [-0.1, -0.05) is 35.8 Å². The highest BCUT2D eigenvalue weighted by molar-refractivity contribution is 9.11. The van der Waals surface area contributed by atoms with E-state index in [1.165, 1.54) is 8.61 Å². The molecule has 0 N–H and O–H groups in total. The third-order valence-corrected chi connectivity index (χ3v) is 7.35. The molecule has 2 aromatic rings. The van der Waals surface area contributed by atoms with Crippen LogP contribution in [0.15, 0.2) is 51.7 Å². The summed E-state index contributed by atoms with van der Waals surface area (Å²) in [5.41, 5.74) is 1.74. The number of rotatable bonds is 10. The van der Waals surface area contributed by atoms with Gasteiger partial charge in [-0.15, -0.1) is 0 Å². The normalized spacial score (nSPS) is 11.7. The Hall–Kier alpha value is -0.960. The van der Waals surface area contributed by atoms with Crippen LogP contribution < -0.4 is 4.31 Å². The lowest BCUT2D eigenvalue weighted by molar-refractivity contribution is 0.424. The molecule has 2 rings (SSSR count). The fraction of sp³-hybridized carbons (Fsp3) is 0.421. The molecule has 0 aliphatic carbocycles. The molecule has 0 aliphatic heterocycles. The van der Waals surface area contributed by atoms with Crippen LogP contribution in [0, 0.1) is 0 Å². The van der Waals surface area contributed by atoms with Crippen molar-refractivity contribution in [2.75, 3.05) is 23.9 Å². The van der Waals surface area contributed by atoms with Crippen molar-refractivity contribution in [3.8, 4) is 0 Å². The smallest absolute Gasteiger partial charge is 0.264 e. The first kappa shape index (κ1) is 22.3. The SMILES string of the molecule is CCCN(CC)S(=O)(=O)N(CCCc1cccnc1)c1cc(Br)ccc1Br. The highest BCUT2D eigenvalue weighted by atomic mass is 79.9. The van der Waals surface area contributed by atoms with Gasteiger partial charge in [-0.25, -0.2) is 0 Å². The summed E-state index contributed by atoms with van der Waals surface area (Å²) in [5.74, 6) is 0. The van der Waals surface area contributed by atoms with E-state index in [1.54, 1.807) is 6.20 Å². The quantitative estimate of drug-likeness (QED) is 0.443. The van der Waals surface area contributed by atoms with E-state index in [0.29, 0.717) is 31.7 Å². The molecule has 27 heavy (non-hydrogen) atoms. The van der Waals surface area contributed by atoms with Crippen molar-refractivity contribution in [2.24, 2.45) is 0 Å². The monoisotopic (exact) mass is 517 g/mol. The minimum Gasteiger partial charge on any atom is -0.264 e. The van der Waals surface area contributed by atoms with Gasteiger partial charge in [0.1, 0.15) is 0 Å². The van der Waals surface area contributed by atoms with Crippen molar-refractivity contribution in [3.05, 3.63) is 57.2 Å². The average Bonchev–Trinajstić information content (AvgIpc) is 2.66. The summed E-state index contributed by atoms with van der Waals surface area (Å²) in [6.07, 6.45) is 5.81. The summed E-state index contributed by atoms with van der Waals surface area (Å²) >= 11 is 6.97. The molecule has 0 bridgehead atoms. The highest BCUT2D eigenvalue weighted by Crippen LogP contribution is 2.32. The lowest BCUT2D eigenvalue weighted by Crippen LogP contribution is -2.45. The van der Waals surface area contributed by atoms with Crippen molar-refractivity contribution < 1.29 is 8.42 Å². The molecule has 0 fully saturated rings. The molecule has 0 atom stereocenters. The number of aromatic nitrogens is 1. The van der Waals surface area contributed by atoms with E-state index >= 15 is 0 Å². The van der Waals surface area contributed by atoms with Crippen LogP contribution in [-0.4, -0.2) is 37.3 Å². The van der Waals surface area contributed by atoms with Gasteiger partial charge in [0, 0.05) is 41.0 Å². The maximum Gasteiger partial charge on any atom is 0.304 e. The largest absolute Gasteiger partial charge is 0.304 e. The van der Waals surface area contributed by atoms with Crippen LogP contribution >= 0.6 is 31.9 Å². The Labute approximate surface area is 179 Å². The van der Waals surface area contributed by atoms with Crippen LogP contribution in [0.4, 0.5) is 5.69 Å². The molecule has 0 saturated heterocycles. The fourth-order valence-electron chi connectivity index (χ4n) is 2.84. The Morgan fingerprint density at radius 1 is 1.11 bits per heavy atom. The topological polar surface area (TPSA) is 53.5 Å². The average molecular weight is 519 g/mol. The van der Waals surface area contributed by atoms with E-state index in [2.05, 4.69) is 36.8 Å². The number of pyridine rings is 1.